The maximum Gasteiger partial charge on any atom is 0.270 e. The number of thioether (sulfide) groups is 1. The van der Waals surface area contributed by atoms with Gasteiger partial charge in [0.15, 0.2) is 11.0 Å². The number of hydrogen-bond acceptors (Lipinski definition) is 8. The third kappa shape index (κ3) is 5.67. The Kier molecular flexibility index (Phi) is 7.36. The van der Waals surface area contributed by atoms with Gasteiger partial charge in [-0.05, 0) is 18.2 Å². The molecule has 1 aromatic heterocycles. The average molecular weight is 505 g/mol. The van der Waals surface area contributed by atoms with Crippen molar-refractivity contribution >= 4 is 45.5 Å². The molecule has 1 amide bonds. The van der Waals surface area contributed by atoms with Crippen molar-refractivity contribution in [1.82, 2.24) is 20.2 Å². The van der Waals surface area contributed by atoms with Gasteiger partial charge in [-0.25, -0.2) is 5.43 Å². The predicted molar refractivity (Wildman–Crippen MR) is 120 cm³/mol. The number of benzene rings is 2. The molecule has 1 N–H and O–H groups in total. The van der Waals surface area contributed by atoms with Gasteiger partial charge in [-0.1, -0.05) is 39.8 Å². The van der Waals surface area contributed by atoms with Crippen molar-refractivity contribution in [2.75, 3.05) is 12.9 Å². The molecule has 0 fully saturated rings. The van der Waals surface area contributed by atoms with Gasteiger partial charge in [0, 0.05) is 34.8 Å². The smallest absolute Gasteiger partial charge is 0.270 e. The highest BCUT2D eigenvalue weighted by Crippen LogP contribution is 2.25. The summed E-state index contributed by atoms with van der Waals surface area (Å²) in [4.78, 5) is 22.6. The number of nitro benzene ring substituents is 1. The number of nitro groups is 1. The van der Waals surface area contributed by atoms with Crippen molar-refractivity contribution in [3.63, 3.8) is 0 Å². The number of carbonyl (C=O) groups is 1. The first-order valence-corrected chi connectivity index (χ1v) is 10.6. The SMILES string of the molecule is COc1ccc(Br)cc1C=NNC(=O)CSc1nnc(-c2cccc([N+](=O)[O-])c2)n1C. The van der Waals surface area contributed by atoms with Crippen LogP contribution < -0.4 is 10.2 Å². The van der Waals surface area contributed by atoms with E-state index in [-0.39, 0.29) is 17.3 Å². The van der Waals surface area contributed by atoms with Gasteiger partial charge in [0.05, 0.1) is 24.0 Å². The summed E-state index contributed by atoms with van der Waals surface area (Å²) in [7, 11) is 3.28. The van der Waals surface area contributed by atoms with Gasteiger partial charge in [0.2, 0.25) is 0 Å². The van der Waals surface area contributed by atoms with Crippen LogP contribution in [-0.2, 0) is 11.8 Å². The number of nitrogens with zero attached hydrogens (tertiary/aromatic N) is 5. The van der Waals surface area contributed by atoms with Crippen LogP contribution in [0.5, 0.6) is 5.75 Å². The van der Waals surface area contributed by atoms with Gasteiger partial charge in [-0.2, -0.15) is 5.10 Å². The lowest BCUT2D eigenvalue weighted by Crippen LogP contribution is -2.20. The fraction of sp³-hybridized carbons (Fsp3) is 0.158. The molecule has 0 radical (unpaired) electrons. The molecule has 0 spiro atoms. The second-order valence-electron chi connectivity index (χ2n) is 6.14. The molecule has 0 aliphatic carbocycles. The molecular formula is C19H17BrN6O4S. The molecule has 0 bridgehead atoms. The number of hydrazone groups is 1. The van der Waals surface area contributed by atoms with E-state index in [4.69, 9.17) is 4.74 Å². The van der Waals surface area contributed by atoms with Crippen LogP contribution in [0, 0.1) is 10.1 Å². The minimum absolute atomic E-state index is 0.0333. The molecule has 0 atom stereocenters. The molecule has 0 aliphatic rings. The summed E-state index contributed by atoms with van der Waals surface area (Å²) in [6, 6.07) is 11.6. The molecule has 3 aromatic rings. The van der Waals surface area contributed by atoms with Crippen LogP contribution in [0.25, 0.3) is 11.4 Å². The number of rotatable bonds is 8. The molecule has 160 valence electrons. The molecule has 31 heavy (non-hydrogen) atoms. The Morgan fingerprint density at radius 2 is 2.16 bits per heavy atom. The van der Waals surface area contributed by atoms with Crippen LogP contribution in [0.2, 0.25) is 0 Å². The van der Waals surface area contributed by atoms with Crippen molar-refractivity contribution < 1.29 is 14.5 Å². The third-order valence-electron chi connectivity index (χ3n) is 4.07. The standard InChI is InChI=1S/C19H17BrN6O4S/c1-25-18(12-4-3-5-15(9-12)26(28)29)23-24-19(25)31-11-17(27)22-21-10-13-8-14(20)6-7-16(13)30-2/h3-10H,11H2,1-2H3,(H,22,27). The Labute approximate surface area is 190 Å². The Morgan fingerprint density at radius 1 is 1.35 bits per heavy atom. The third-order valence-corrected chi connectivity index (χ3v) is 5.58. The Morgan fingerprint density at radius 3 is 2.90 bits per heavy atom. The Bertz CT molecular complexity index is 1150. The number of carbonyl (C=O) groups excluding carboxylic acids is 1. The molecule has 2 aromatic carbocycles. The number of aromatic nitrogens is 3. The molecule has 0 saturated carbocycles. The maximum atomic E-state index is 12.1. The van der Waals surface area contributed by atoms with E-state index in [9.17, 15) is 14.9 Å². The van der Waals surface area contributed by atoms with E-state index >= 15 is 0 Å². The number of amides is 1. The number of ether oxygens (including phenoxy) is 1. The Balaban J connectivity index is 1.61. The van der Waals surface area contributed by atoms with Crippen LogP contribution in [-0.4, -0.2) is 44.7 Å². The van der Waals surface area contributed by atoms with Gasteiger partial charge in [-0.15, -0.1) is 10.2 Å². The van der Waals surface area contributed by atoms with Crippen LogP contribution in [0.3, 0.4) is 0 Å². The van der Waals surface area contributed by atoms with Crippen LogP contribution in [0.4, 0.5) is 5.69 Å². The highest BCUT2D eigenvalue weighted by Gasteiger charge is 2.15. The van der Waals surface area contributed by atoms with Crippen LogP contribution in [0.15, 0.2) is 57.2 Å². The van der Waals surface area contributed by atoms with Gasteiger partial charge in [-0.3, -0.25) is 14.9 Å². The monoisotopic (exact) mass is 504 g/mol. The molecule has 0 aliphatic heterocycles. The fourth-order valence-electron chi connectivity index (χ4n) is 2.59. The predicted octanol–water partition coefficient (Wildman–Crippen LogP) is 3.40. The van der Waals surface area contributed by atoms with Crippen molar-refractivity contribution in [2.24, 2.45) is 12.1 Å². The first-order valence-electron chi connectivity index (χ1n) is 8.81. The summed E-state index contributed by atoms with van der Waals surface area (Å²) >= 11 is 4.55. The zero-order valence-electron chi connectivity index (χ0n) is 16.5. The minimum atomic E-state index is -0.468. The Hall–Kier alpha value is -3.25. The molecule has 10 nitrogen and oxygen atoms in total. The average Bonchev–Trinajstić information content (AvgIpc) is 3.13. The van der Waals surface area contributed by atoms with Crippen molar-refractivity contribution in [3.05, 3.63) is 62.6 Å². The van der Waals surface area contributed by atoms with E-state index in [1.807, 2.05) is 12.1 Å². The van der Waals surface area contributed by atoms with Gasteiger partial charge in [0.1, 0.15) is 5.75 Å². The van der Waals surface area contributed by atoms with Gasteiger partial charge in [0.25, 0.3) is 11.6 Å². The largest absolute Gasteiger partial charge is 0.496 e. The second-order valence-corrected chi connectivity index (χ2v) is 8.00. The molecule has 12 heteroatoms. The first kappa shape index (κ1) is 22.4. The topological polar surface area (TPSA) is 125 Å². The lowest BCUT2D eigenvalue weighted by atomic mass is 10.2. The van der Waals surface area contributed by atoms with Crippen molar-refractivity contribution in [1.29, 1.82) is 0 Å². The minimum Gasteiger partial charge on any atom is -0.496 e. The van der Waals surface area contributed by atoms with Crippen LogP contribution in [0.1, 0.15) is 5.56 Å². The molecule has 0 unspecified atom stereocenters. The zero-order valence-corrected chi connectivity index (χ0v) is 18.9. The molecule has 0 saturated heterocycles. The number of nitrogens with one attached hydrogen (secondary N) is 1. The van der Waals surface area contributed by atoms with Gasteiger partial charge < -0.3 is 9.30 Å². The van der Waals surface area contributed by atoms with Crippen molar-refractivity contribution in [2.45, 2.75) is 5.16 Å². The van der Waals surface area contributed by atoms with E-state index < -0.39 is 4.92 Å². The number of methoxy groups -OCH3 is 1. The summed E-state index contributed by atoms with van der Waals surface area (Å²) in [6.07, 6.45) is 1.49. The van der Waals surface area contributed by atoms with E-state index in [0.29, 0.717) is 27.9 Å². The van der Waals surface area contributed by atoms with Crippen LogP contribution >= 0.6 is 27.7 Å². The summed E-state index contributed by atoms with van der Waals surface area (Å²) in [5.41, 5.74) is 3.69. The summed E-state index contributed by atoms with van der Waals surface area (Å²) in [5.74, 6) is 0.832. The van der Waals surface area contributed by atoms with E-state index in [0.717, 1.165) is 4.47 Å². The van der Waals surface area contributed by atoms with E-state index in [2.05, 4.69) is 36.7 Å². The molecule has 1 heterocycles. The summed E-state index contributed by atoms with van der Waals surface area (Å²) in [6.45, 7) is 0. The normalized spacial score (nSPS) is 10.9. The maximum absolute atomic E-state index is 12.1. The number of hydrogen-bond donors (Lipinski definition) is 1. The first-order chi connectivity index (χ1) is 14.9. The van der Waals surface area contributed by atoms with E-state index in [1.165, 1.54) is 30.1 Å². The molecule has 3 rings (SSSR count). The summed E-state index contributed by atoms with van der Waals surface area (Å²) in [5, 5.41) is 23.6. The quantitative estimate of drug-likeness (QED) is 0.215. The van der Waals surface area contributed by atoms with E-state index in [1.54, 1.807) is 36.9 Å². The molecular weight excluding hydrogens is 488 g/mol. The number of non-ortho nitro benzene ring substituents is 1. The summed E-state index contributed by atoms with van der Waals surface area (Å²) < 4.78 is 7.78. The lowest BCUT2D eigenvalue weighted by Gasteiger charge is -2.05. The highest BCUT2D eigenvalue weighted by molar-refractivity contribution is 9.10. The van der Waals surface area contributed by atoms with Crippen molar-refractivity contribution in [3.8, 4) is 17.1 Å². The van der Waals surface area contributed by atoms with Gasteiger partial charge >= 0.3 is 0 Å². The lowest BCUT2D eigenvalue weighted by molar-refractivity contribution is -0.384. The zero-order chi connectivity index (χ0) is 22.4. The fourth-order valence-corrected chi connectivity index (χ4v) is 3.68. The number of halogens is 1. The second kappa shape index (κ2) is 10.2. The highest BCUT2D eigenvalue weighted by atomic mass is 79.9.